The fraction of sp³-hybridized carbons (Fsp3) is 0.312. The summed E-state index contributed by atoms with van der Waals surface area (Å²) in [6.45, 7) is 2.05. The van der Waals surface area contributed by atoms with E-state index < -0.39 is 22.0 Å². The van der Waals surface area contributed by atoms with Gasteiger partial charge in [-0.25, -0.2) is 13.1 Å². The number of rotatable bonds is 7. The van der Waals surface area contributed by atoms with Gasteiger partial charge in [-0.05, 0) is 24.7 Å². The Morgan fingerprint density at radius 2 is 1.88 bits per heavy atom. The molecule has 0 spiro atoms. The lowest BCUT2D eigenvalue weighted by molar-refractivity contribution is -0.125. The molecular weight excluding hydrogens is 346 g/mol. The quantitative estimate of drug-likeness (QED) is 0.692. The van der Waals surface area contributed by atoms with Gasteiger partial charge in [-0.3, -0.25) is 4.79 Å². The second kappa shape index (κ2) is 7.89. The van der Waals surface area contributed by atoms with Crippen LogP contribution in [0.4, 0.5) is 0 Å². The maximum absolute atomic E-state index is 12.3. The van der Waals surface area contributed by atoms with Crippen molar-refractivity contribution in [3.63, 3.8) is 0 Å². The first kappa shape index (κ1) is 18.6. The summed E-state index contributed by atoms with van der Waals surface area (Å²) >= 11 is 1.13. The molecule has 0 saturated heterocycles. The van der Waals surface area contributed by atoms with Crippen LogP contribution >= 0.6 is 11.3 Å². The van der Waals surface area contributed by atoms with Crippen molar-refractivity contribution in [3.8, 4) is 0 Å². The first-order valence-electron chi connectivity index (χ1n) is 7.45. The number of hydrogen-bond acceptors (Lipinski definition) is 5. The number of thiophene rings is 1. The minimum Gasteiger partial charge on any atom is -0.351 e. The first-order chi connectivity index (χ1) is 11.3. The first-order valence-corrected chi connectivity index (χ1v) is 9.75. The third kappa shape index (κ3) is 4.41. The van der Waals surface area contributed by atoms with E-state index in [-0.39, 0.29) is 16.7 Å². The van der Waals surface area contributed by atoms with Gasteiger partial charge in [0.2, 0.25) is 15.9 Å². The molecule has 4 N–H and O–H groups in total. The van der Waals surface area contributed by atoms with Crippen LogP contribution in [0.15, 0.2) is 46.7 Å². The molecule has 2 atom stereocenters. The minimum absolute atomic E-state index is 0.169. The highest BCUT2D eigenvalue weighted by atomic mass is 32.2. The summed E-state index contributed by atoms with van der Waals surface area (Å²) < 4.78 is 25.9. The van der Waals surface area contributed by atoms with Crippen LogP contribution < -0.4 is 15.8 Å². The van der Waals surface area contributed by atoms with Gasteiger partial charge in [0.05, 0.1) is 12.5 Å². The van der Waals surface area contributed by atoms with Gasteiger partial charge in [0.1, 0.15) is 4.21 Å². The van der Waals surface area contributed by atoms with Crippen molar-refractivity contribution in [2.75, 3.05) is 7.05 Å². The van der Waals surface area contributed by atoms with Crippen LogP contribution in [0.2, 0.25) is 0 Å². The van der Waals surface area contributed by atoms with Gasteiger partial charge in [0.15, 0.2) is 0 Å². The topological polar surface area (TPSA) is 101 Å². The van der Waals surface area contributed by atoms with Gasteiger partial charge in [0, 0.05) is 10.9 Å². The number of nitrogens with one attached hydrogen (secondary N) is 2. The molecule has 0 aliphatic carbocycles. The molecule has 24 heavy (non-hydrogen) atoms. The van der Waals surface area contributed by atoms with Crippen molar-refractivity contribution in [1.29, 1.82) is 0 Å². The molecule has 0 saturated carbocycles. The Balaban J connectivity index is 1.96. The zero-order chi connectivity index (χ0) is 17.7. The molecule has 130 valence electrons. The van der Waals surface area contributed by atoms with Crippen molar-refractivity contribution in [3.05, 3.63) is 52.9 Å². The van der Waals surface area contributed by atoms with E-state index in [0.717, 1.165) is 21.8 Å². The number of carbonyl (C=O) groups excluding carboxylic acids is 1. The van der Waals surface area contributed by atoms with Gasteiger partial charge in [-0.2, -0.15) is 0 Å². The van der Waals surface area contributed by atoms with Gasteiger partial charge in [-0.1, -0.05) is 37.3 Å². The molecule has 1 aromatic heterocycles. The van der Waals surface area contributed by atoms with E-state index in [1.807, 2.05) is 30.3 Å². The molecule has 0 aliphatic heterocycles. The van der Waals surface area contributed by atoms with Crippen molar-refractivity contribution >= 4 is 27.3 Å². The molecule has 6 nitrogen and oxygen atoms in total. The maximum Gasteiger partial charge on any atom is 0.249 e. The van der Waals surface area contributed by atoms with Crippen molar-refractivity contribution in [1.82, 2.24) is 10.0 Å². The molecule has 1 amide bonds. The van der Waals surface area contributed by atoms with Crippen LogP contribution in [-0.4, -0.2) is 21.4 Å². The highest BCUT2D eigenvalue weighted by Crippen LogP contribution is 2.22. The lowest BCUT2D eigenvalue weighted by Crippen LogP contribution is -2.35. The number of benzene rings is 1. The second-order valence-corrected chi connectivity index (χ2v) is 8.65. The van der Waals surface area contributed by atoms with E-state index in [1.165, 1.54) is 13.1 Å². The largest absolute Gasteiger partial charge is 0.351 e. The Hall–Kier alpha value is -1.74. The zero-order valence-electron chi connectivity index (χ0n) is 13.5. The summed E-state index contributed by atoms with van der Waals surface area (Å²) in [6, 6.07) is 12.3. The Kier molecular flexibility index (Phi) is 6.11. The summed E-state index contributed by atoms with van der Waals surface area (Å²) in [7, 11) is -2.08. The smallest absolute Gasteiger partial charge is 0.249 e. The van der Waals surface area contributed by atoms with Crippen molar-refractivity contribution in [2.45, 2.75) is 23.7 Å². The van der Waals surface area contributed by atoms with Crippen LogP contribution in [0.25, 0.3) is 0 Å². The van der Waals surface area contributed by atoms with Crippen LogP contribution in [-0.2, 0) is 21.4 Å². The maximum atomic E-state index is 12.3. The molecule has 0 aliphatic rings. The lowest BCUT2D eigenvalue weighted by atomic mass is 9.95. The average molecular weight is 367 g/mol. The predicted octanol–water partition coefficient (Wildman–Crippen LogP) is 1.61. The molecule has 0 radical (unpaired) electrons. The lowest BCUT2D eigenvalue weighted by Gasteiger charge is -2.19. The second-order valence-electron chi connectivity index (χ2n) is 5.37. The Morgan fingerprint density at radius 1 is 1.21 bits per heavy atom. The predicted molar refractivity (Wildman–Crippen MR) is 94.9 cm³/mol. The monoisotopic (exact) mass is 367 g/mol. The summed E-state index contributed by atoms with van der Waals surface area (Å²) in [5.74, 6) is -0.564. The van der Waals surface area contributed by atoms with Crippen molar-refractivity contribution in [2.24, 2.45) is 11.7 Å². The van der Waals surface area contributed by atoms with Gasteiger partial charge >= 0.3 is 0 Å². The fourth-order valence-electron chi connectivity index (χ4n) is 2.16. The number of nitrogens with two attached hydrogens (primary N) is 1. The Labute approximate surface area is 146 Å². The normalized spacial score (nSPS) is 14.1. The van der Waals surface area contributed by atoms with Crippen molar-refractivity contribution < 1.29 is 13.2 Å². The van der Waals surface area contributed by atoms with Gasteiger partial charge < -0.3 is 11.1 Å². The molecule has 0 bridgehead atoms. The number of amides is 1. The summed E-state index contributed by atoms with van der Waals surface area (Å²) in [5.41, 5.74) is 7.04. The Bertz CT molecular complexity index is 788. The minimum atomic E-state index is -3.45. The fourth-order valence-corrected chi connectivity index (χ4v) is 4.29. The number of hydrogen-bond donors (Lipinski definition) is 3. The summed E-state index contributed by atoms with van der Waals surface area (Å²) in [4.78, 5) is 13.0. The van der Waals surface area contributed by atoms with Crippen LogP contribution in [0.3, 0.4) is 0 Å². The third-order valence-electron chi connectivity index (χ3n) is 3.74. The summed E-state index contributed by atoms with van der Waals surface area (Å²) in [6.07, 6.45) is 0. The van der Waals surface area contributed by atoms with Crippen LogP contribution in [0, 0.1) is 5.92 Å². The highest BCUT2D eigenvalue weighted by Gasteiger charge is 2.22. The van der Waals surface area contributed by atoms with Crippen LogP contribution in [0.5, 0.6) is 0 Å². The van der Waals surface area contributed by atoms with Crippen LogP contribution in [0.1, 0.15) is 23.4 Å². The van der Waals surface area contributed by atoms with E-state index in [0.29, 0.717) is 0 Å². The van der Waals surface area contributed by atoms with E-state index in [2.05, 4.69) is 10.0 Å². The molecule has 1 heterocycles. The molecule has 1 aromatic carbocycles. The van der Waals surface area contributed by atoms with E-state index in [1.54, 1.807) is 13.0 Å². The molecule has 2 rings (SSSR count). The van der Waals surface area contributed by atoms with Gasteiger partial charge in [0.25, 0.3) is 0 Å². The standard InChI is InChI=1S/C16H21N3O3S2/c1-11(15(17)12-6-4-3-5-7-12)16(20)19-10-13-8-9-14(23-13)24(21,22)18-2/h3-9,11,15,18H,10,17H2,1-2H3,(H,19,20). The summed E-state index contributed by atoms with van der Waals surface area (Å²) in [5, 5.41) is 2.81. The molecular formula is C16H21N3O3S2. The van der Waals surface area contributed by atoms with Gasteiger partial charge in [-0.15, -0.1) is 11.3 Å². The third-order valence-corrected chi connectivity index (χ3v) is 6.74. The SMILES string of the molecule is CNS(=O)(=O)c1ccc(CNC(=O)C(C)C(N)c2ccccc2)s1. The molecule has 0 fully saturated rings. The molecule has 8 heteroatoms. The number of carbonyl (C=O) groups is 1. The molecule has 2 aromatic rings. The Morgan fingerprint density at radius 3 is 2.50 bits per heavy atom. The van der Waals surface area contributed by atoms with E-state index in [9.17, 15) is 13.2 Å². The zero-order valence-corrected chi connectivity index (χ0v) is 15.2. The molecule has 2 unspecified atom stereocenters. The van der Waals surface area contributed by atoms with E-state index >= 15 is 0 Å². The highest BCUT2D eigenvalue weighted by molar-refractivity contribution is 7.91. The number of sulfonamides is 1. The van der Waals surface area contributed by atoms with E-state index in [4.69, 9.17) is 5.73 Å². The average Bonchev–Trinajstić information content (AvgIpc) is 3.09.